The number of hydrogen-bond donors (Lipinski definition) is 2. The molecule has 0 bridgehead atoms. The standard InChI is InChI=1S/C17H28N4O2/c1-13(2)12-21-10-5-4-7-14(21)11-18-17(23)19-15-8-6-9-20(3)16(15)22/h6,8-9,13-14H,4-5,7,10-12H2,1-3H3,(H2,18,19,23)/t14-/m1/s1. The van der Waals surface area contributed by atoms with E-state index in [1.54, 1.807) is 25.4 Å². The summed E-state index contributed by atoms with van der Waals surface area (Å²) in [6.45, 7) is 7.22. The van der Waals surface area contributed by atoms with Crippen molar-refractivity contribution in [2.75, 3.05) is 25.0 Å². The van der Waals surface area contributed by atoms with Gasteiger partial charge in [-0.25, -0.2) is 4.79 Å². The number of aryl methyl sites for hydroxylation is 1. The first-order valence-electron chi connectivity index (χ1n) is 8.42. The van der Waals surface area contributed by atoms with Crippen molar-refractivity contribution in [2.24, 2.45) is 13.0 Å². The number of pyridine rings is 1. The van der Waals surface area contributed by atoms with Crippen molar-refractivity contribution in [3.63, 3.8) is 0 Å². The van der Waals surface area contributed by atoms with Crippen LogP contribution in [0.25, 0.3) is 0 Å². The molecule has 1 aliphatic rings. The molecule has 2 N–H and O–H groups in total. The minimum atomic E-state index is -0.316. The smallest absolute Gasteiger partial charge is 0.319 e. The van der Waals surface area contributed by atoms with E-state index in [4.69, 9.17) is 0 Å². The summed E-state index contributed by atoms with van der Waals surface area (Å²) in [4.78, 5) is 26.4. The summed E-state index contributed by atoms with van der Waals surface area (Å²) in [5, 5.41) is 5.56. The van der Waals surface area contributed by atoms with Gasteiger partial charge in [0, 0.05) is 32.4 Å². The van der Waals surface area contributed by atoms with Crippen molar-refractivity contribution >= 4 is 11.7 Å². The Morgan fingerprint density at radius 3 is 2.91 bits per heavy atom. The maximum atomic E-state index is 12.1. The fraction of sp³-hybridized carbons (Fsp3) is 0.647. The lowest BCUT2D eigenvalue weighted by Crippen LogP contribution is -2.48. The second kappa shape index (κ2) is 8.15. The molecule has 6 heteroatoms. The van der Waals surface area contributed by atoms with E-state index in [9.17, 15) is 9.59 Å². The fourth-order valence-electron chi connectivity index (χ4n) is 3.07. The summed E-state index contributed by atoms with van der Waals surface area (Å²) in [7, 11) is 1.66. The molecular weight excluding hydrogens is 292 g/mol. The minimum Gasteiger partial charge on any atom is -0.336 e. The van der Waals surface area contributed by atoms with Crippen molar-refractivity contribution in [1.29, 1.82) is 0 Å². The molecule has 1 atom stereocenters. The highest BCUT2D eigenvalue weighted by Gasteiger charge is 2.23. The first kappa shape index (κ1) is 17.5. The van der Waals surface area contributed by atoms with Crippen LogP contribution in [0.15, 0.2) is 23.1 Å². The molecule has 2 heterocycles. The molecule has 0 spiro atoms. The van der Waals surface area contributed by atoms with Crippen LogP contribution in [-0.4, -0.2) is 41.2 Å². The van der Waals surface area contributed by atoms with Gasteiger partial charge in [-0.3, -0.25) is 9.69 Å². The summed E-state index contributed by atoms with van der Waals surface area (Å²) in [6.07, 6.45) is 5.22. The molecule has 23 heavy (non-hydrogen) atoms. The summed E-state index contributed by atoms with van der Waals surface area (Å²) < 4.78 is 1.45. The average Bonchev–Trinajstić information content (AvgIpc) is 2.50. The number of hydrogen-bond acceptors (Lipinski definition) is 3. The average molecular weight is 320 g/mol. The molecule has 0 radical (unpaired) electrons. The number of piperidine rings is 1. The molecule has 0 unspecified atom stereocenters. The number of likely N-dealkylation sites (tertiary alicyclic amines) is 1. The summed E-state index contributed by atoms with van der Waals surface area (Å²) in [6, 6.07) is 3.43. The maximum Gasteiger partial charge on any atom is 0.319 e. The zero-order valence-corrected chi connectivity index (χ0v) is 14.3. The van der Waals surface area contributed by atoms with Crippen LogP contribution in [0.4, 0.5) is 10.5 Å². The molecule has 128 valence electrons. The number of amides is 2. The van der Waals surface area contributed by atoms with Gasteiger partial charge in [0.15, 0.2) is 0 Å². The molecule has 6 nitrogen and oxygen atoms in total. The monoisotopic (exact) mass is 320 g/mol. The number of rotatable bonds is 5. The van der Waals surface area contributed by atoms with Gasteiger partial charge in [-0.2, -0.15) is 0 Å². The highest BCUT2D eigenvalue weighted by atomic mass is 16.2. The van der Waals surface area contributed by atoms with Crippen LogP contribution in [-0.2, 0) is 7.05 Å². The third-order valence-electron chi connectivity index (χ3n) is 4.22. The largest absolute Gasteiger partial charge is 0.336 e. The van der Waals surface area contributed by atoms with Crippen LogP contribution >= 0.6 is 0 Å². The van der Waals surface area contributed by atoms with Gasteiger partial charge >= 0.3 is 6.03 Å². The Morgan fingerprint density at radius 1 is 1.39 bits per heavy atom. The second-order valence-electron chi connectivity index (χ2n) is 6.71. The lowest BCUT2D eigenvalue weighted by molar-refractivity contribution is 0.131. The van der Waals surface area contributed by atoms with Crippen LogP contribution in [0, 0.1) is 5.92 Å². The molecule has 2 amide bonds. The van der Waals surface area contributed by atoms with E-state index < -0.39 is 0 Å². The Balaban J connectivity index is 1.87. The third-order valence-corrected chi connectivity index (χ3v) is 4.22. The van der Waals surface area contributed by atoms with Gasteiger partial charge in [-0.15, -0.1) is 0 Å². The predicted molar refractivity (Wildman–Crippen MR) is 92.8 cm³/mol. The van der Waals surface area contributed by atoms with Crippen LogP contribution < -0.4 is 16.2 Å². The fourth-order valence-corrected chi connectivity index (χ4v) is 3.07. The number of nitrogens with zero attached hydrogens (tertiary/aromatic N) is 2. The van der Waals surface area contributed by atoms with Crippen molar-refractivity contribution in [1.82, 2.24) is 14.8 Å². The first-order valence-corrected chi connectivity index (χ1v) is 8.42. The maximum absolute atomic E-state index is 12.1. The zero-order valence-electron chi connectivity index (χ0n) is 14.3. The van der Waals surface area contributed by atoms with Crippen LogP contribution in [0.1, 0.15) is 33.1 Å². The van der Waals surface area contributed by atoms with Gasteiger partial charge < -0.3 is 15.2 Å². The molecule has 2 rings (SSSR count). The number of aromatic nitrogens is 1. The highest BCUT2D eigenvalue weighted by Crippen LogP contribution is 2.17. The van der Waals surface area contributed by atoms with E-state index in [2.05, 4.69) is 29.4 Å². The topological polar surface area (TPSA) is 66.4 Å². The Morgan fingerprint density at radius 2 is 2.17 bits per heavy atom. The Bertz CT molecular complexity index is 582. The number of nitrogens with one attached hydrogen (secondary N) is 2. The summed E-state index contributed by atoms with van der Waals surface area (Å²) in [5.41, 5.74) is 0.0944. The summed E-state index contributed by atoms with van der Waals surface area (Å²) >= 11 is 0. The van der Waals surface area contributed by atoms with Crippen molar-refractivity contribution in [2.45, 2.75) is 39.2 Å². The molecule has 0 aliphatic carbocycles. The van der Waals surface area contributed by atoms with Crippen LogP contribution in [0.3, 0.4) is 0 Å². The highest BCUT2D eigenvalue weighted by molar-refractivity contribution is 5.88. The van der Waals surface area contributed by atoms with E-state index >= 15 is 0 Å². The second-order valence-corrected chi connectivity index (χ2v) is 6.71. The predicted octanol–water partition coefficient (Wildman–Crippen LogP) is 2.02. The van der Waals surface area contributed by atoms with E-state index in [0.717, 1.165) is 19.5 Å². The van der Waals surface area contributed by atoms with Crippen molar-refractivity contribution < 1.29 is 4.79 Å². The van der Waals surface area contributed by atoms with Crippen molar-refractivity contribution in [3.05, 3.63) is 28.7 Å². The van der Waals surface area contributed by atoms with E-state index in [1.807, 2.05) is 0 Å². The molecule has 0 aromatic carbocycles. The Hall–Kier alpha value is -1.82. The quantitative estimate of drug-likeness (QED) is 0.872. The van der Waals surface area contributed by atoms with Crippen molar-refractivity contribution in [3.8, 4) is 0 Å². The van der Waals surface area contributed by atoms with Gasteiger partial charge in [0.25, 0.3) is 5.56 Å². The first-order chi connectivity index (χ1) is 11.0. The Kier molecular flexibility index (Phi) is 6.21. The van der Waals surface area contributed by atoms with Crippen LogP contribution in [0.5, 0.6) is 0 Å². The molecule has 1 fully saturated rings. The number of carbonyl (C=O) groups is 1. The molecular formula is C17H28N4O2. The van der Waals surface area contributed by atoms with Gasteiger partial charge in [-0.05, 0) is 37.4 Å². The van der Waals surface area contributed by atoms with Gasteiger partial charge in [0.05, 0.1) is 0 Å². The van der Waals surface area contributed by atoms with E-state index in [1.165, 1.54) is 17.4 Å². The number of carbonyl (C=O) groups excluding carboxylic acids is 1. The van der Waals surface area contributed by atoms with Gasteiger partial charge in [0.2, 0.25) is 0 Å². The summed E-state index contributed by atoms with van der Waals surface area (Å²) in [5.74, 6) is 0.622. The zero-order chi connectivity index (χ0) is 16.8. The van der Waals surface area contributed by atoms with Gasteiger partial charge in [-0.1, -0.05) is 20.3 Å². The lowest BCUT2D eigenvalue weighted by atomic mass is 10.0. The number of anilines is 1. The molecule has 1 saturated heterocycles. The molecule has 1 aliphatic heterocycles. The van der Waals surface area contributed by atoms with Crippen LogP contribution in [0.2, 0.25) is 0 Å². The molecule has 0 saturated carbocycles. The third kappa shape index (κ3) is 5.10. The molecule has 1 aromatic rings. The van der Waals surface area contributed by atoms with Gasteiger partial charge in [0.1, 0.15) is 5.69 Å². The SMILES string of the molecule is CC(C)CN1CCCC[C@@H]1CNC(=O)Nc1cccn(C)c1=O. The Labute approximate surface area is 137 Å². The molecule has 1 aromatic heterocycles. The van der Waals surface area contributed by atoms with E-state index in [-0.39, 0.29) is 11.6 Å². The normalized spacial score (nSPS) is 18.9. The minimum absolute atomic E-state index is 0.207. The van der Waals surface area contributed by atoms with E-state index in [0.29, 0.717) is 24.2 Å². The lowest BCUT2D eigenvalue weighted by Gasteiger charge is -2.36. The number of urea groups is 1.